The van der Waals surface area contributed by atoms with Gasteiger partial charge in [-0.3, -0.25) is 9.88 Å². The maximum absolute atomic E-state index is 11.7. The standard InChI is InChI=1S/C14H23N3O2S/c1-2-17(11-13-5-3-4-8-16-13)14(12-15)6-9-20(18,19)10-7-14/h3-5,8H,2,6-7,9-12,15H2,1H3. The van der Waals surface area contributed by atoms with E-state index in [1.165, 1.54) is 0 Å². The molecule has 0 bridgehead atoms. The lowest BCUT2D eigenvalue weighted by atomic mass is 9.89. The second-order valence-corrected chi connectivity index (χ2v) is 7.72. The summed E-state index contributed by atoms with van der Waals surface area (Å²) in [6.45, 7) is 4.13. The molecule has 112 valence electrons. The summed E-state index contributed by atoms with van der Waals surface area (Å²) in [4.78, 5) is 6.64. The lowest BCUT2D eigenvalue weighted by Gasteiger charge is -2.45. The van der Waals surface area contributed by atoms with E-state index in [1.54, 1.807) is 6.20 Å². The van der Waals surface area contributed by atoms with Crippen molar-refractivity contribution in [1.29, 1.82) is 0 Å². The molecule has 5 nitrogen and oxygen atoms in total. The quantitative estimate of drug-likeness (QED) is 0.870. The first-order valence-electron chi connectivity index (χ1n) is 7.07. The second kappa shape index (κ2) is 6.20. The maximum Gasteiger partial charge on any atom is 0.150 e. The van der Waals surface area contributed by atoms with E-state index in [4.69, 9.17) is 5.73 Å². The molecule has 6 heteroatoms. The normalized spacial score (nSPS) is 20.9. The minimum atomic E-state index is -2.88. The van der Waals surface area contributed by atoms with Crippen molar-refractivity contribution < 1.29 is 8.42 Å². The summed E-state index contributed by atoms with van der Waals surface area (Å²) in [6, 6.07) is 5.86. The third kappa shape index (κ3) is 3.37. The molecule has 0 aromatic carbocycles. The van der Waals surface area contributed by atoms with Crippen molar-refractivity contribution in [3.63, 3.8) is 0 Å². The molecule has 1 aromatic rings. The molecule has 2 rings (SSSR count). The number of nitrogens with zero attached hydrogens (tertiary/aromatic N) is 2. The summed E-state index contributed by atoms with van der Waals surface area (Å²) in [7, 11) is -2.88. The molecule has 0 aliphatic carbocycles. The van der Waals surface area contributed by atoms with Gasteiger partial charge in [0.15, 0.2) is 0 Å². The van der Waals surface area contributed by atoms with Crippen LogP contribution < -0.4 is 5.73 Å². The van der Waals surface area contributed by atoms with Gasteiger partial charge in [-0.25, -0.2) is 8.42 Å². The van der Waals surface area contributed by atoms with E-state index in [0.717, 1.165) is 12.2 Å². The molecule has 0 amide bonds. The molecule has 0 radical (unpaired) electrons. The molecule has 0 spiro atoms. The average Bonchev–Trinajstić information content (AvgIpc) is 2.47. The Hall–Kier alpha value is -0.980. The van der Waals surface area contributed by atoms with Crippen LogP contribution in [-0.4, -0.2) is 48.4 Å². The summed E-state index contributed by atoms with van der Waals surface area (Å²) >= 11 is 0. The first kappa shape index (κ1) is 15.4. The number of hydrogen-bond donors (Lipinski definition) is 1. The zero-order valence-electron chi connectivity index (χ0n) is 12.0. The highest BCUT2D eigenvalue weighted by molar-refractivity contribution is 7.91. The van der Waals surface area contributed by atoms with Crippen LogP contribution in [0, 0.1) is 0 Å². The summed E-state index contributed by atoms with van der Waals surface area (Å²) in [6.07, 6.45) is 3.02. The maximum atomic E-state index is 11.7. The fourth-order valence-corrected chi connectivity index (χ4v) is 4.46. The van der Waals surface area contributed by atoms with Crippen LogP contribution in [0.1, 0.15) is 25.5 Å². The van der Waals surface area contributed by atoms with Crippen LogP contribution in [0.3, 0.4) is 0 Å². The highest BCUT2D eigenvalue weighted by atomic mass is 32.2. The molecule has 20 heavy (non-hydrogen) atoms. The van der Waals surface area contributed by atoms with Crippen molar-refractivity contribution >= 4 is 9.84 Å². The Morgan fingerprint density at radius 2 is 2.05 bits per heavy atom. The summed E-state index contributed by atoms with van der Waals surface area (Å²) in [5, 5.41) is 0. The highest BCUT2D eigenvalue weighted by Crippen LogP contribution is 2.30. The molecule has 1 fully saturated rings. The molecular weight excluding hydrogens is 274 g/mol. The number of sulfone groups is 1. The molecule has 0 atom stereocenters. The average molecular weight is 297 g/mol. The lowest BCUT2D eigenvalue weighted by molar-refractivity contribution is 0.0795. The molecule has 2 heterocycles. The predicted molar refractivity (Wildman–Crippen MR) is 80.0 cm³/mol. The minimum Gasteiger partial charge on any atom is -0.329 e. The van der Waals surface area contributed by atoms with Crippen molar-refractivity contribution in [2.45, 2.75) is 31.8 Å². The molecular formula is C14H23N3O2S. The topological polar surface area (TPSA) is 76.3 Å². The molecule has 0 unspecified atom stereocenters. The number of likely N-dealkylation sites (N-methyl/N-ethyl adjacent to an activating group) is 1. The minimum absolute atomic E-state index is 0.211. The van der Waals surface area contributed by atoms with Crippen molar-refractivity contribution in [2.75, 3.05) is 24.6 Å². The van der Waals surface area contributed by atoms with Crippen LogP contribution in [-0.2, 0) is 16.4 Å². The van der Waals surface area contributed by atoms with Crippen LogP contribution in [0.5, 0.6) is 0 Å². The number of rotatable bonds is 5. The molecule has 1 aliphatic heterocycles. The lowest BCUT2D eigenvalue weighted by Crippen LogP contribution is -2.57. The van der Waals surface area contributed by atoms with E-state index in [9.17, 15) is 8.42 Å². The fraction of sp³-hybridized carbons (Fsp3) is 0.643. The van der Waals surface area contributed by atoms with Gasteiger partial charge in [0.2, 0.25) is 0 Å². The molecule has 2 N–H and O–H groups in total. The van der Waals surface area contributed by atoms with Crippen molar-refractivity contribution in [3.05, 3.63) is 30.1 Å². The van der Waals surface area contributed by atoms with Gasteiger partial charge in [0.25, 0.3) is 0 Å². The van der Waals surface area contributed by atoms with E-state index < -0.39 is 9.84 Å². The molecule has 1 aromatic heterocycles. The number of aromatic nitrogens is 1. The van der Waals surface area contributed by atoms with Crippen LogP contribution in [0.2, 0.25) is 0 Å². The van der Waals surface area contributed by atoms with Crippen LogP contribution in [0.25, 0.3) is 0 Å². The monoisotopic (exact) mass is 297 g/mol. The third-order valence-corrected chi connectivity index (χ3v) is 5.92. The summed E-state index contributed by atoms with van der Waals surface area (Å²) in [5.74, 6) is 0.478. The van der Waals surface area contributed by atoms with E-state index >= 15 is 0 Å². The third-order valence-electron chi connectivity index (χ3n) is 4.27. The van der Waals surface area contributed by atoms with Gasteiger partial charge in [0.05, 0.1) is 17.2 Å². The summed E-state index contributed by atoms with van der Waals surface area (Å²) in [5.41, 5.74) is 6.79. The largest absolute Gasteiger partial charge is 0.329 e. The van der Waals surface area contributed by atoms with E-state index in [0.29, 0.717) is 25.9 Å². The van der Waals surface area contributed by atoms with Crippen LogP contribution in [0.15, 0.2) is 24.4 Å². The van der Waals surface area contributed by atoms with E-state index in [-0.39, 0.29) is 17.0 Å². The SMILES string of the molecule is CCN(Cc1ccccn1)C1(CN)CCS(=O)(=O)CC1. The first-order chi connectivity index (χ1) is 9.51. The van der Waals surface area contributed by atoms with Gasteiger partial charge in [-0.1, -0.05) is 13.0 Å². The highest BCUT2D eigenvalue weighted by Gasteiger charge is 2.40. The predicted octanol–water partition coefficient (Wildman–Crippen LogP) is 0.810. The second-order valence-electron chi connectivity index (χ2n) is 5.42. The Kier molecular flexibility index (Phi) is 4.78. The number of hydrogen-bond acceptors (Lipinski definition) is 5. The van der Waals surface area contributed by atoms with Gasteiger partial charge in [-0.15, -0.1) is 0 Å². The smallest absolute Gasteiger partial charge is 0.150 e. The zero-order valence-corrected chi connectivity index (χ0v) is 12.8. The van der Waals surface area contributed by atoms with Gasteiger partial charge < -0.3 is 5.73 Å². The van der Waals surface area contributed by atoms with Gasteiger partial charge in [0, 0.05) is 24.8 Å². The molecule has 1 saturated heterocycles. The Balaban J connectivity index is 2.16. The Bertz CT molecular complexity index is 517. The van der Waals surface area contributed by atoms with E-state index in [1.807, 2.05) is 18.2 Å². The fourth-order valence-electron chi connectivity index (χ4n) is 2.87. The van der Waals surface area contributed by atoms with Crippen molar-refractivity contribution in [1.82, 2.24) is 9.88 Å². The van der Waals surface area contributed by atoms with Crippen LogP contribution >= 0.6 is 0 Å². The Morgan fingerprint density at radius 1 is 1.35 bits per heavy atom. The summed E-state index contributed by atoms with van der Waals surface area (Å²) < 4.78 is 23.3. The van der Waals surface area contributed by atoms with Crippen molar-refractivity contribution in [3.8, 4) is 0 Å². The molecule has 0 saturated carbocycles. The van der Waals surface area contributed by atoms with Gasteiger partial charge in [0.1, 0.15) is 9.84 Å². The zero-order chi connectivity index (χ0) is 14.6. The van der Waals surface area contributed by atoms with Gasteiger partial charge in [-0.2, -0.15) is 0 Å². The van der Waals surface area contributed by atoms with Crippen molar-refractivity contribution in [2.24, 2.45) is 5.73 Å². The Labute approximate surface area is 121 Å². The van der Waals surface area contributed by atoms with Gasteiger partial charge in [-0.05, 0) is 31.5 Å². The van der Waals surface area contributed by atoms with E-state index in [2.05, 4.69) is 16.8 Å². The number of pyridine rings is 1. The van der Waals surface area contributed by atoms with Gasteiger partial charge >= 0.3 is 0 Å². The van der Waals surface area contributed by atoms with Crippen LogP contribution in [0.4, 0.5) is 0 Å². The number of nitrogens with two attached hydrogens (primary N) is 1. The molecule has 1 aliphatic rings. The first-order valence-corrected chi connectivity index (χ1v) is 8.89. The Morgan fingerprint density at radius 3 is 2.55 bits per heavy atom.